The number of ether oxygens (including phenoxy) is 1. The summed E-state index contributed by atoms with van der Waals surface area (Å²) < 4.78 is 5.66. The first-order chi connectivity index (χ1) is 11.4. The van der Waals surface area contributed by atoms with Crippen LogP contribution in [0.3, 0.4) is 0 Å². The summed E-state index contributed by atoms with van der Waals surface area (Å²) in [5, 5.41) is 6.76. The molecule has 0 unspecified atom stereocenters. The van der Waals surface area contributed by atoms with Gasteiger partial charge in [0.15, 0.2) is 0 Å². The molecule has 1 aliphatic heterocycles. The van der Waals surface area contributed by atoms with E-state index in [0.717, 1.165) is 43.2 Å². The topological polar surface area (TPSA) is 72.0 Å². The third-order valence-electron chi connectivity index (χ3n) is 4.10. The van der Waals surface area contributed by atoms with Crippen LogP contribution in [0.4, 0.5) is 11.8 Å². The Morgan fingerprint density at radius 3 is 2.83 bits per heavy atom. The summed E-state index contributed by atoms with van der Waals surface area (Å²) in [6.45, 7) is 1.64. The molecule has 2 N–H and O–H groups in total. The van der Waals surface area contributed by atoms with Gasteiger partial charge < -0.3 is 15.4 Å². The van der Waals surface area contributed by atoms with E-state index < -0.39 is 0 Å². The Labute approximate surface area is 135 Å². The van der Waals surface area contributed by atoms with Gasteiger partial charge in [0, 0.05) is 31.5 Å². The van der Waals surface area contributed by atoms with Crippen LogP contribution in [0.5, 0.6) is 0 Å². The van der Waals surface area contributed by atoms with Gasteiger partial charge in [-0.25, -0.2) is 4.98 Å². The number of hydrogen-bond acceptors (Lipinski definition) is 6. The lowest BCUT2D eigenvalue weighted by Crippen LogP contribution is -2.19. The van der Waals surface area contributed by atoms with Gasteiger partial charge in [-0.1, -0.05) is 6.07 Å². The molecule has 3 heterocycles. The second-order valence-corrected chi connectivity index (χ2v) is 6.11. The van der Waals surface area contributed by atoms with Crippen molar-refractivity contribution < 1.29 is 4.74 Å². The van der Waals surface area contributed by atoms with Gasteiger partial charge in [0.1, 0.15) is 5.82 Å². The van der Waals surface area contributed by atoms with Crippen LogP contribution in [0.25, 0.3) is 11.4 Å². The van der Waals surface area contributed by atoms with Gasteiger partial charge in [-0.15, -0.1) is 0 Å². The molecule has 0 spiro atoms. The Bertz CT molecular complexity index is 653. The van der Waals surface area contributed by atoms with E-state index in [4.69, 9.17) is 4.74 Å². The number of pyridine rings is 1. The van der Waals surface area contributed by atoms with Crippen molar-refractivity contribution in [3.05, 3.63) is 30.5 Å². The highest BCUT2D eigenvalue weighted by Gasteiger charge is 2.23. The van der Waals surface area contributed by atoms with Crippen molar-refractivity contribution in [3.8, 4) is 11.4 Å². The van der Waals surface area contributed by atoms with Gasteiger partial charge in [-0.2, -0.15) is 4.98 Å². The number of nitrogens with zero attached hydrogens (tertiary/aromatic N) is 3. The zero-order valence-corrected chi connectivity index (χ0v) is 13.0. The predicted octanol–water partition coefficient (Wildman–Crippen LogP) is 2.70. The van der Waals surface area contributed by atoms with Crippen LogP contribution in [0.15, 0.2) is 30.5 Å². The molecule has 2 fully saturated rings. The number of nitrogens with one attached hydrogen (secondary N) is 2. The quantitative estimate of drug-likeness (QED) is 0.854. The number of hydrogen-bond donors (Lipinski definition) is 2. The molecule has 1 aliphatic carbocycles. The molecule has 120 valence electrons. The maximum absolute atomic E-state index is 5.66. The second kappa shape index (κ2) is 6.50. The molecule has 1 atom stereocenters. The van der Waals surface area contributed by atoms with Crippen molar-refractivity contribution in [3.63, 3.8) is 0 Å². The minimum atomic E-state index is 0.281. The Hall–Kier alpha value is -2.21. The van der Waals surface area contributed by atoms with Gasteiger partial charge >= 0.3 is 0 Å². The molecular weight excluding hydrogens is 290 g/mol. The average molecular weight is 311 g/mol. The summed E-state index contributed by atoms with van der Waals surface area (Å²) in [6, 6.07) is 8.31. The van der Waals surface area contributed by atoms with Crippen LogP contribution >= 0.6 is 0 Å². The molecule has 1 saturated carbocycles. The molecule has 6 heteroatoms. The minimum absolute atomic E-state index is 0.281. The van der Waals surface area contributed by atoms with Crippen molar-refractivity contribution >= 4 is 11.8 Å². The van der Waals surface area contributed by atoms with Crippen molar-refractivity contribution in [2.45, 2.75) is 37.8 Å². The van der Waals surface area contributed by atoms with Crippen LogP contribution < -0.4 is 10.6 Å². The number of anilines is 2. The molecular formula is C17H21N5O. The molecule has 0 aromatic carbocycles. The standard InChI is InChI=1S/C17H21N5O/c1-2-8-18-14(5-1)15-10-16(19-11-13-4-3-9-23-13)22-17(21-15)20-12-6-7-12/h1-2,5,8,10,12-13H,3-4,6-7,9,11H2,(H2,19,20,21,22)/t13-/m1/s1. The predicted molar refractivity (Wildman–Crippen MR) is 89.4 cm³/mol. The molecule has 1 saturated heterocycles. The van der Waals surface area contributed by atoms with Crippen LogP contribution in [0, 0.1) is 0 Å². The van der Waals surface area contributed by atoms with E-state index in [9.17, 15) is 0 Å². The molecule has 0 amide bonds. The van der Waals surface area contributed by atoms with Crippen molar-refractivity contribution in [1.29, 1.82) is 0 Å². The molecule has 4 rings (SSSR count). The highest BCUT2D eigenvalue weighted by molar-refractivity contribution is 5.61. The van der Waals surface area contributed by atoms with Gasteiger partial charge in [-0.05, 0) is 37.8 Å². The summed E-state index contributed by atoms with van der Waals surface area (Å²) in [4.78, 5) is 13.6. The molecule has 2 aliphatic rings. The first kappa shape index (κ1) is 14.4. The normalized spacial score (nSPS) is 20.4. The maximum atomic E-state index is 5.66. The van der Waals surface area contributed by atoms with Gasteiger partial charge in [0.05, 0.1) is 17.5 Å². The number of aromatic nitrogens is 3. The fourth-order valence-corrected chi connectivity index (χ4v) is 2.68. The van der Waals surface area contributed by atoms with E-state index in [1.807, 2.05) is 24.3 Å². The monoisotopic (exact) mass is 311 g/mol. The van der Waals surface area contributed by atoms with E-state index in [1.165, 1.54) is 12.8 Å². The SMILES string of the molecule is c1ccc(-c2cc(NC[C@H]3CCCO3)nc(NC3CC3)n2)nc1. The lowest BCUT2D eigenvalue weighted by Gasteiger charge is -2.13. The lowest BCUT2D eigenvalue weighted by atomic mass is 10.2. The first-order valence-corrected chi connectivity index (χ1v) is 8.29. The third kappa shape index (κ3) is 3.76. The molecule has 0 radical (unpaired) electrons. The highest BCUT2D eigenvalue weighted by Crippen LogP contribution is 2.26. The van der Waals surface area contributed by atoms with E-state index in [2.05, 4.69) is 25.6 Å². The summed E-state index contributed by atoms with van der Waals surface area (Å²) in [6.07, 6.45) is 6.70. The summed E-state index contributed by atoms with van der Waals surface area (Å²) in [7, 11) is 0. The highest BCUT2D eigenvalue weighted by atomic mass is 16.5. The largest absolute Gasteiger partial charge is 0.376 e. The van der Waals surface area contributed by atoms with Gasteiger partial charge in [0.25, 0.3) is 0 Å². The Morgan fingerprint density at radius 1 is 1.13 bits per heavy atom. The molecule has 2 aromatic rings. The van der Waals surface area contributed by atoms with Crippen LogP contribution in [0.2, 0.25) is 0 Å². The first-order valence-electron chi connectivity index (χ1n) is 8.29. The Kier molecular flexibility index (Phi) is 4.06. The summed E-state index contributed by atoms with van der Waals surface area (Å²) in [5.41, 5.74) is 1.69. The van der Waals surface area contributed by atoms with Crippen LogP contribution in [-0.2, 0) is 4.74 Å². The second-order valence-electron chi connectivity index (χ2n) is 6.11. The zero-order chi connectivity index (χ0) is 15.5. The average Bonchev–Trinajstić information content (AvgIpc) is 3.25. The lowest BCUT2D eigenvalue weighted by molar-refractivity contribution is 0.120. The minimum Gasteiger partial charge on any atom is -0.376 e. The summed E-state index contributed by atoms with van der Waals surface area (Å²) >= 11 is 0. The molecule has 6 nitrogen and oxygen atoms in total. The third-order valence-corrected chi connectivity index (χ3v) is 4.10. The smallest absolute Gasteiger partial charge is 0.225 e. The van der Waals surface area contributed by atoms with Gasteiger partial charge in [-0.3, -0.25) is 4.98 Å². The molecule has 2 aromatic heterocycles. The van der Waals surface area contributed by atoms with Crippen LogP contribution in [0.1, 0.15) is 25.7 Å². The van der Waals surface area contributed by atoms with E-state index in [-0.39, 0.29) is 6.10 Å². The Balaban J connectivity index is 1.55. The van der Waals surface area contributed by atoms with Crippen LogP contribution in [-0.4, -0.2) is 40.2 Å². The van der Waals surface area contributed by atoms with E-state index in [0.29, 0.717) is 12.0 Å². The fourth-order valence-electron chi connectivity index (χ4n) is 2.68. The Morgan fingerprint density at radius 2 is 2.09 bits per heavy atom. The van der Waals surface area contributed by atoms with Gasteiger partial charge in [0.2, 0.25) is 5.95 Å². The van der Waals surface area contributed by atoms with E-state index in [1.54, 1.807) is 6.20 Å². The van der Waals surface area contributed by atoms with E-state index >= 15 is 0 Å². The van der Waals surface area contributed by atoms with Crippen molar-refractivity contribution in [1.82, 2.24) is 15.0 Å². The maximum Gasteiger partial charge on any atom is 0.225 e. The van der Waals surface area contributed by atoms with Crippen molar-refractivity contribution in [2.24, 2.45) is 0 Å². The molecule has 0 bridgehead atoms. The number of rotatable bonds is 6. The fraction of sp³-hybridized carbons (Fsp3) is 0.471. The van der Waals surface area contributed by atoms with Crippen molar-refractivity contribution in [2.75, 3.05) is 23.8 Å². The summed E-state index contributed by atoms with van der Waals surface area (Å²) in [5.74, 6) is 1.49. The molecule has 23 heavy (non-hydrogen) atoms. The zero-order valence-electron chi connectivity index (χ0n) is 13.0.